The molecular formula is C23H22N2O4. The van der Waals surface area contributed by atoms with Crippen molar-refractivity contribution in [3.8, 4) is 0 Å². The lowest BCUT2D eigenvalue weighted by Crippen LogP contribution is -2.55. The van der Waals surface area contributed by atoms with E-state index in [1.807, 2.05) is 61.7 Å². The van der Waals surface area contributed by atoms with Crippen molar-refractivity contribution >= 4 is 28.5 Å². The van der Waals surface area contributed by atoms with Gasteiger partial charge in [0.25, 0.3) is 0 Å². The Morgan fingerprint density at radius 3 is 2.69 bits per heavy atom. The summed E-state index contributed by atoms with van der Waals surface area (Å²) in [6.07, 6.45) is 3.21. The number of amides is 1. The van der Waals surface area contributed by atoms with Crippen LogP contribution in [0.1, 0.15) is 23.6 Å². The first-order valence-electron chi connectivity index (χ1n) is 9.38. The van der Waals surface area contributed by atoms with Crippen molar-refractivity contribution in [3.05, 3.63) is 77.5 Å². The maximum atomic E-state index is 12.8. The van der Waals surface area contributed by atoms with Gasteiger partial charge < -0.3 is 19.8 Å². The van der Waals surface area contributed by atoms with E-state index in [2.05, 4.69) is 10.3 Å². The molecule has 3 aromatic rings. The molecule has 148 valence electrons. The zero-order chi connectivity index (χ0) is 20.4. The molecule has 6 nitrogen and oxygen atoms in total. The number of allylic oxidation sites excluding steroid dienone is 1. The van der Waals surface area contributed by atoms with Gasteiger partial charge in [-0.25, -0.2) is 9.59 Å². The van der Waals surface area contributed by atoms with Crippen molar-refractivity contribution < 1.29 is 19.1 Å². The molecule has 0 saturated carbocycles. The van der Waals surface area contributed by atoms with Crippen molar-refractivity contribution in [2.24, 2.45) is 0 Å². The Bertz CT molecular complexity index is 1100. The predicted octanol–water partition coefficient (Wildman–Crippen LogP) is 3.97. The van der Waals surface area contributed by atoms with E-state index in [0.717, 1.165) is 33.2 Å². The minimum atomic E-state index is -1.36. The minimum Gasteiger partial charge on any atom is -0.467 e. The van der Waals surface area contributed by atoms with Crippen molar-refractivity contribution in [3.63, 3.8) is 0 Å². The SMILES string of the molecule is COC(=O)C1(NC(=O)OCc2ccccc2)C=C(C)c2cccc3[nH]cc(c23)C1. The number of nitrogens with one attached hydrogen (secondary N) is 2. The summed E-state index contributed by atoms with van der Waals surface area (Å²) < 4.78 is 10.4. The third-order valence-corrected chi connectivity index (χ3v) is 5.23. The number of esters is 1. The highest BCUT2D eigenvalue weighted by atomic mass is 16.6. The van der Waals surface area contributed by atoms with E-state index >= 15 is 0 Å². The Hall–Kier alpha value is -3.54. The predicted molar refractivity (Wildman–Crippen MR) is 110 cm³/mol. The monoisotopic (exact) mass is 390 g/mol. The highest BCUT2D eigenvalue weighted by Gasteiger charge is 2.42. The van der Waals surface area contributed by atoms with Crippen LogP contribution in [-0.2, 0) is 27.3 Å². The zero-order valence-corrected chi connectivity index (χ0v) is 16.3. The summed E-state index contributed by atoms with van der Waals surface area (Å²) in [6.45, 7) is 2.03. The van der Waals surface area contributed by atoms with Crippen LogP contribution in [0.15, 0.2) is 60.8 Å². The first kappa shape index (κ1) is 18.8. The number of hydrogen-bond donors (Lipinski definition) is 2. The maximum absolute atomic E-state index is 12.8. The van der Waals surface area contributed by atoms with Crippen LogP contribution in [0.5, 0.6) is 0 Å². The van der Waals surface area contributed by atoms with Crippen LogP contribution in [0.3, 0.4) is 0 Å². The average molecular weight is 390 g/mol. The van der Waals surface area contributed by atoms with E-state index in [1.54, 1.807) is 6.08 Å². The first-order chi connectivity index (χ1) is 14.0. The van der Waals surface area contributed by atoms with Gasteiger partial charge in [0, 0.05) is 23.5 Å². The highest BCUT2D eigenvalue weighted by molar-refractivity contribution is 5.99. The van der Waals surface area contributed by atoms with Crippen LogP contribution < -0.4 is 5.32 Å². The smallest absolute Gasteiger partial charge is 0.408 e. The van der Waals surface area contributed by atoms with Crippen LogP contribution >= 0.6 is 0 Å². The van der Waals surface area contributed by atoms with Crippen LogP contribution in [0.25, 0.3) is 16.5 Å². The number of ether oxygens (including phenoxy) is 2. The summed E-state index contributed by atoms with van der Waals surface area (Å²) in [4.78, 5) is 28.7. The van der Waals surface area contributed by atoms with Gasteiger partial charge in [-0.2, -0.15) is 0 Å². The summed E-state index contributed by atoms with van der Waals surface area (Å²) >= 11 is 0. The molecule has 4 rings (SSSR count). The maximum Gasteiger partial charge on any atom is 0.408 e. The zero-order valence-electron chi connectivity index (χ0n) is 16.3. The molecule has 0 radical (unpaired) electrons. The van der Waals surface area contributed by atoms with E-state index in [9.17, 15) is 9.59 Å². The van der Waals surface area contributed by atoms with Crippen molar-refractivity contribution in [1.82, 2.24) is 10.3 Å². The summed E-state index contributed by atoms with van der Waals surface area (Å²) in [6, 6.07) is 15.3. The van der Waals surface area contributed by atoms with Crippen molar-refractivity contribution in [2.75, 3.05) is 7.11 Å². The molecule has 29 heavy (non-hydrogen) atoms. The van der Waals surface area contributed by atoms with Gasteiger partial charge in [-0.3, -0.25) is 0 Å². The second kappa shape index (κ2) is 7.47. The Morgan fingerprint density at radius 2 is 1.93 bits per heavy atom. The van der Waals surface area contributed by atoms with E-state index in [-0.39, 0.29) is 13.0 Å². The van der Waals surface area contributed by atoms with E-state index in [0.29, 0.717) is 0 Å². The molecule has 6 heteroatoms. The van der Waals surface area contributed by atoms with Crippen LogP contribution in [-0.4, -0.2) is 29.7 Å². The lowest BCUT2D eigenvalue weighted by molar-refractivity contribution is -0.146. The molecule has 1 aromatic heterocycles. The average Bonchev–Trinajstić information content (AvgIpc) is 3.09. The highest BCUT2D eigenvalue weighted by Crippen LogP contribution is 2.35. The molecule has 1 heterocycles. The summed E-state index contributed by atoms with van der Waals surface area (Å²) in [5.41, 5.74) is 3.31. The van der Waals surface area contributed by atoms with Gasteiger partial charge in [-0.05, 0) is 41.3 Å². The molecule has 1 aliphatic carbocycles. The fourth-order valence-corrected chi connectivity index (χ4v) is 3.91. The van der Waals surface area contributed by atoms with Gasteiger partial charge in [0.15, 0.2) is 5.54 Å². The van der Waals surface area contributed by atoms with Crippen LogP contribution in [0.4, 0.5) is 4.79 Å². The summed E-state index contributed by atoms with van der Waals surface area (Å²) in [7, 11) is 1.31. The molecule has 2 N–H and O–H groups in total. The van der Waals surface area contributed by atoms with Gasteiger partial charge in [0.1, 0.15) is 6.61 Å². The number of carbonyl (C=O) groups excluding carboxylic acids is 2. The van der Waals surface area contributed by atoms with Gasteiger partial charge in [0.05, 0.1) is 7.11 Å². The largest absolute Gasteiger partial charge is 0.467 e. The van der Waals surface area contributed by atoms with E-state index < -0.39 is 17.6 Å². The number of carbonyl (C=O) groups is 2. The Morgan fingerprint density at radius 1 is 1.14 bits per heavy atom. The molecule has 1 aliphatic rings. The number of benzene rings is 2. The lowest BCUT2D eigenvalue weighted by Gasteiger charge is -2.28. The molecule has 1 unspecified atom stereocenters. The summed E-state index contributed by atoms with van der Waals surface area (Å²) in [5, 5.41) is 3.81. The standard InChI is InChI=1S/C23H22N2O4/c1-15-11-23(21(26)28-2,25-22(27)29-14-16-7-4-3-5-8-16)12-17-13-24-19-10-6-9-18(15)20(17)19/h3-11,13,24H,12,14H2,1-2H3,(H,25,27). The number of methoxy groups -OCH3 is 1. The second-order valence-electron chi connectivity index (χ2n) is 7.20. The molecule has 0 aliphatic heterocycles. The number of hydrogen-bond acceptors (Lipinski definition) is 4. The molecule has 0 spiro atoms. The Kier molecular flexibility index (Phi) is 4.84. The summed E-state index contributed by atoms with van der Waals surface area (Å²) in [5.74, 6) is -0.546. The van der Waals surface area contributed by atoms with Crippen LogP contribution in [0.2, 0.25) is 0 Å². The molecule has 0 fully saturated rings. The van der Waals surface area contributed by atoms with Gasteiger partial charge in [-0.15, -0.1) is 0 Å². The fourth-order valence-electron chi connectivity index (χ4n) is 3.91. The fraction of sp³-hybridized carbons (Fsp3) is 0.217. The number of alkyl carbamates (subject to hydrolysis) is 1. The van der Waals surface area contributed by atoms with Gasteiger partial charge in [0.2, 0.25) is 0 Å². The molecule has 2 aromatic carbocycles. The minimum absolute atomic E-state index is 0.112. The molecular weight excluding hydrogens is 368 g/mol. The van der Waals surface area contributed by atoms with E-state index in [1.165, 1.54) is 7.11 Å². The third kappa shape index (κ3) is 3.49. The quantitative estimate of drug-likeness (QED) is 0.661. The molecule has 0 bridgehead atoms. The molecule has 1 amide bonds. The topological polar surface area (TPSA) is 80.4 Å². The lowest BCUT2D eigenvalue weighted by atomic mass is 9.91. The molecule has 1 atom stereocenters. The number of H-pyrrole nitrogens is 1. The van der Waals surface area contributed by atoms with Crippen LogP contribution in [0, 0.1) is 0 Å². The van der Waals surface area contributed by atoms with Gasteiger partial charge in [-0.1, -0.05) is 42.5 Å². The number of aromatic nitrogens is 1. The third-order valence-electron chi connectivity index (χ3n) is 5.23. The Balaban J connectivity index is 1.66. The van der Waals surface area contributed by atoms with Crippen molar-refractivity contribution in [2.45, 2.75) is 25.5 Å². The molecule has 0 saturated heterocycles. The first-order valence-corrected chi connectivity index (χ1v) is 9.38. The normalized spacial score (nSPS) is 17.9. The second-order valence-corrected chi connectivity index (χ2v) is 7.20. The Labute approximate surface area is 168 Å². The van der Waals surface area contributed by atoms with Gasteiger partial charge >= 0.3 is 12.1 Å². The number of aromatic amines is 1. The van der Waals surface area contributed by atoms with Crippen molar-refractivity contribution in [1.29, 1.82) is 0 Å². The van der Waals surface area contributed by atoms with E-state index in [4.69, 9.17) is 9.47 Å². The number of rotatable bonds is 4.